The number of nitrogens with zero attached hydrogens (tertiary/aromatic N) is 6. The first-order valence-corrected chi connectivity index (χ1v) is 19.3. The molecule has 0 amide bonds. The summed E-state index contributed by atoms with van der Waals surface area (Å²) in [4.78, 5) is 20.8. The highest BCUT2D eigenvalue weighted by molar-refractivity contribution is 6.29. The Hall–Kier alpha value is -7.18. The summed E-state index contributed by atoms with van der Waals surface area (Å²) in [6.45, 7) is 0. The van der Waals surface area contributed by atoms with Crippen LogP contribution in [0.5, 0.6) is 0 Å². The van der Waals surface area contributed by atoms with Crippen molar-refractivity contribution >= 4 is 55.1 Å². The Kier molecular flexibility index (Phi) is 7.66. The lowest BCUT2D eigenvalue weighted by Gasteiger charge is -2.17. The SMILES string of the molecule is C1=CCC(c2cccc(C3=NC(n4c5ccccc5c5c6c7ccccc7n(-c7cccc(-c8cccc(-c9ccccc9)n8)n7)c6ccc54)=CCC3)n2)C=C1. The molecule has 0 radical (unpaired) electrons. The van der Waals surface area contributed by atoms with Gasteiger partial charge in [-0.25, -0.2) is 15.0 Å². The van der Waals surface area contributed by atoms with Gasteiger partial charge in [0.1, 0.15) is 11.6 Å². The van der Waals surface area contributed by atoms with Crippen LogP contribution in [0.4, 0.5) is 0 Å². The predicted molar refractivity (Wildman–Crippen MR) is 230 cm³/mol. The number of benzene rings is 4. The third-order valence-corrected chi connectivity index (χ3v) is 11.1. The van der Waals surface area contributed by atoms with E-state index in [2.05, 4.69) is 155 Å². The summed E-state index contributed by atoms with van der Waals surface area (Å²) in [6.07, 6.45) is 13.7. The van der Waals surface area contributed by atoms with Gasteiger partial charge in [-0.15, -0.1) is 0 Å². The fraction of sp³-hybridized carbons (Fsp3) is 0.0800. The van der Waals surface area contributed by atoms with E-state index in [1.807, 2.05) is 30.3 Å². The second kappa shape index (κ2) is 13.3. The molecule has 0 spiro atoms. The minimum absolute atomic E-state index is 0.293. The first-order chi connectivity index (χ1) is 27.8. The van der Waals surface area contributed by atoms with Gasteiger partial charge in [-0.3, -0.25) is 14.1 Å². The summed E-state index contributed by atoms with van der Waals surface area (Å²) in [6, 6.07) is 50.9. The molecule has 5 aromatic heterocycles. The van der Waals surface area contributed by atoms with Crippen molar-refractivity contribution in [3.05, 3.63) is 187 Å². The molecule has 0 saturated carbocycles. The van der Waals surface area contributed by atoms with Gasteiger partial charge in [0.2, 0.25) is 0 Å². The molecule has 0 fully saturated rings. The molecule has 1 unspecified atom stereocenters. The van der Waals surface area contributed by atoms with Gasteiger partial charge in [-0.2, -0.15) is 0 Å². The van der Waals surface area contributed by atoms with E-state index in [0.717, 1.165) is 92.7 Å². The predicted octanol–water partition coefficient (Wildman–Crippen LogP) is 12.1. The lowest BCUT2D eigenvalue weighted by atomic mass is 9.96. The zero-order chi connectivity index (χ0) is 37.0. The van der Waals surface area contributed by atoms with Crippen molar-refractivity contribution < 1.29 is 0 Å². The van der Waals surface area contributed by atoms with Gasteiger partial charge in [-0.1, -0.05) is 109 Å². The second-order valence-electron chi connectivity index (χ2n) is 14.5. The molecule has 0 saturated heterocycles. The molecular weight excluding hydrogens is 685 g/mol. The summed E-state index contributed by atoms with van der Waals surface area (Å²) in [5.41, 5.74) is 11.2. The second-order valence-corrected chi connectivity index (χ2v) is 14.5. The Morgan fingerprint density at radius 3 is 1.95 bits per heavy atom. The van der Waals surface area contributed by atoms with Gasteiger partial charge in [0.05, 0.1) is 50.6 Å². The van der Waals surface area contributed by atoms with E-state index in [0.29, 0.717) is 5.92 Å². The van der Waals surface area contributed by atoms with Gasteiger partial charge in [-0.05, 0) is 86.0 Å². The van der Waals surface area contributed by atoms with Crippen molar-refractivity contribution in [3.63, 3.8) is 0 Å². The first-order valence-electron chi connectivity index (χ1n) is 19.3. The molecule has 6 heterocycles. The molecule has 1 atom stereocenters. The quantitative estimate of drug-likeness (QED) is 0.172. The maximum Gasteiger partial charge on any atom is 0.138 e. The topological polar surface area (TPSA) is 60.9 Å². The van der Waals surface area contributed by atoms with Crippen LogP contribution in [0.25, 0.3) is 77.9 Å². The van der Waals surface area contributed by atoms with Crippen molar-refractivity contribution in [2.45, 2.75) is 25.2 Å². The number of para-hydroxylation sites is 2. The van der Waals surface area contributed by atoms with Crippen molar-refractivity contribution in [2.75, 3.05) is 0 Å². The van der Waals surface area contributed by atoms with Gasteiger partial charge >= 0.3 is 0 Å². The number of rotatable bonds is 6. The van der Waals surface area contributed by atoms with Crippen LogP contribution in [-0.4, -0.2) is 29.8 Å². The van der Waals surface area contributed by atoms with Crippen LogP contribution in [0.2, 0.25) is 0 Å². The van der Waals surface area contributed by atoms with Crippen molar-refractivity contribution in [3.8, 4) is 28.5 Å². The largest absolute Gasteiger partial charge is 0.294 e. The van der Waals surface area contributed by atoms with Gasteiger partial charge in [0.15, 0.2) is 0 Å². The fourth-order valence-electron chi connectivity index (χ4n) is 8.57. The Morgan fingerprint density at radius 1 is 0.500 bits per heavy atom. The molecule has 1 aliphatic heterocycles. The molecule has 4 aromatic carbocycles. The first kappa shape index (κ1) is 32.3. The number of hydrogen-bond acceptors (Lipinski definition) is 4. The highest BCUT2D eigenvalue weighted by Gasteiger charge is 2.23. The van der Waals surface area contributed by atoms with Gasteiger partial charge < -0.3 is 0 Å². The minimum Gasteiger partial charge on any atom is -0.294 e. The Labute approximate surface area is 324 Å². The Bertz CT molecular complexity index is 3120. The minimum atomic E-state index is 0.293. The molecule has 0 N–H and O–H groups in total. The molecular formula is C50H36N6. The zero-order valence-corrected chi connectivity index (χ0v) is 30.6. The highest BCUT2D eigenvalue weighted by Crippen LogP contribution is 2.42. The molecule has 2 aliphatic rings. The highest BCUT2D eigenvalue weighted by atomic mass is 15.1. The number of aromatic nitrogens is 5. The summed E-state index contributed by atoms with van der Waals surface area (Å²) in [5, 5.41) is 4.79. The van der Waals surface area contributed by atoms with Gasteiger partial charge in [0.25, 0.3) is 0 Å². The Morgan fingerprint density at radius 2 is 1.16 bits per heavy atom. The molecule has 6 nitrogen and oxygen atoms in total. The van der Waals surface area contributed by atoms with Crippen LogP contribution in [-0.2, 0) is 0 Å². The summed E-state index contributed by atoms with van der Waals surface area (Å²) >= 11 is 0. The van der Waals surface area contributed by atoms with Crippen LogP contribution in [0, 0.1) is 0 Å². The van der Waals surface area contributed by atoms with E-state index in [-0.39, 0.29) is 0 Å². The fourth-order valence-corrected chi connectivity index (χ4v) is 8.57. The lowest BCUT2D eigenvalue weighted by molar-refractivity contribution is 0.813. The van der Waals surface area contributed by atoms with E-state index in [1.165, 1.54) is 21.5 Å². The van der Waals surface area contributed by atoms with Crippen LogP contribution in [0.15, 0.2) is 181 Å². The normalized spacial score (nSPS) is 15.5. The standard InChI is InChI=1S/C50H36N6/c1-3-15-33(16-4-1)37-21-11-23-39(51-37)41-25-13-29-47(53-41)55-43-27-9-7-19-35(43)49-45(55)31-32-46-50(49)36-20-8-10-28-44(36)56(46)48-30-14-26-42(54-48)40-24-12-22-38(52-40)34-17-5-2-6-18-34/h1-13,15-17,19-25,27-32,34H,14,18,26H2. The molecule has 6 heteroatoms. The average molecular weight is 721 g/mol. The maximum atomic E-state index is 5.37. The van der Waals surface area contributed by atoms with Crippen LogP contribution in [0.1, 0.15) is 36.6 Å². The molecule has 9 aromatic rings. The van der Waals surface area contributed by atoms with E-state index < -0.39 is 0 Å². The van der Waals surface area contributed by atoms with E-state index >= 15 is 0 Å². The third kappa shape index (κ3) is 5.33. The number of fused-ring (bicyclic) bond motifs is 7. The average Bonchev–Trinajstić information content (AvgIpc) is 3.80. The van der Waals surface area contributed by atoms with Crippen LogP contribution < -0.4 is 0 Å². The number of allylic oxidation sites excluding steroid dienone is 5. The lowest BCUT2D eigenvalue weighted by Crippen LogP contribution is -2.11. The van der Waals surface area contributed by atoms with Gasteiger partial charge in [0, 0.05) is 38.7 Å². The number of hydrogen-bond donors (Lipinski definition) is 0. The molecule has 11 rings (SSSR count). The van der Waals surface area contributed by atoms with E-state index in [4.69, 9.17) is 19.9 Å². The molecule has 0 bridgehead atoms. The smallest absolute Gasteiger partial charge is 0.138 e. The molecule has 56 heavy (non-hydrogen) atoms. The third-order valence-electron chi connectivity index (χ3n) is 11.1. The maximum absolute atomic E-state index is 5.37. The van der Waals surface area contributed by atoms with Crippen LogP contribution >= 0.6 is 0 Å². The zero-order valence-electron chi connectivity index (χ0n) is 30.6. The summed E-state index contributed by atoms with van der Waals surface area (Å²) < 4.78 is 4.64. The van der Waals surface area contributed by atoms with Crippen molar-refractivity contribution in [1.29, 1.82) is 0 Å². The molecule has 1 aliphatic carbocycles. The summed E-state index contributed by atoms with van der Waals surface area (Å²) in [7, 11) is 0. The number of aliphatic imine (C=N–C) groups is 1. The Balaban J connectivity index is 1.07. The number of pyridine rings is 3. The molecule has 266 valence electrons. The monoisotopic (exact) mass is 720 g/mol. The van der Waals surface area contributed by atoms with Crippen LogP contribution in [0.3, 0.4) is 0 Å². The van der Waals surface area contributed by atoms with Crippen molar-refractivity contribution in [1.82, 2.24) is 24.1 Å². The summed E-state index contributed by atoms with van der Waals surface area (Å²) in [5.74, 6) is 2.08. The van der Waals surface area contributed by atoms with Crippen molar-refractivity contribution in [2.24, 2.45) is 4.99 Å². The van der Waals surface area contributed by atoms with E-state index in [1.54, 1.807) is 0 Å². The van der Waals surface area contributed by atoms with E-state index in [9.17, 15) is 0 Å².